The van der Waals surface area contributed by atoms with Crippen LogP contribution in [0.4, 0.5) is 0 Å². The molecule has 0 radical (unpaired) electrons. The second-order valence-electron chi connectivity index (χ2n) is 4.42. The van der Waals surface area contributed by atoms with Crippen LogP contribution in [0.3, 0.4) is 0 Å². The molecule has 2 nitrogen and oxygen atoms in total. The number of nitrogens with zero attached hydrogens (tertiary/aromatic N) is 2. The first-order valence-corrected chi connectivity index (χ1v) is 6.91. The van der Waals surface area contributed by atoms with Gasteiger partial charge in [-0.25, -0.2) is 4.98 Å². The molecule has 0 saturated carbocycles. The predicted octanol–water partition coefficient (Wildman–Crippen LogP) is 4.73. The van der Waals surface area contributed by atoms with E-state index < -0.39 is 0 Å². The van der Waals surface area contributed by atoms with E-state index in [4.69, 9.17) is 23.2 Å². The summed E-state index contributed by atoms with van der Waals surface area (Å²) in [6.07, 6.45) is 0. The fraction of sp³-hybridized carbons (Fsp3) is 0.133. The second kappa shape index (κ2) is 4.87. The summed E-state index contributed by atoms with van der Waals surface area (Å²) in [4.78, 5) is 4.63. The summed E-state index contributed by atoms with van der Waals surface area (Å²) in [6.45, 7) is 2.06. The average molecular weight is 291 g/mol. The Hall–Kier alpha value is -1.51. The minimum atomic E-state index is 0.372. The quantitative estimate of drug-likeness (QED) is 0.624. The van der Waals surface area contributed by atoms with E-state index in [-0.39, 0.29) is 0 Å². The minimum absolute atomic E-state index is 0.372. The average Bonchev–Trinajstić information content (AvgIpc) is 2.80. The van der Waals surface area contributed by atoms with Gasteiger partial charge in [-0.15, -0.1) is 11.6 Å². The molecule has 0 N–H and O–H groups in total. The first-order chi connectivity index (χ1) is 9.20. The Morgan fingerprint density at radius 1 is 1.11 bits per heavy atom. The number of benzene rings is 2. The first kappa shape index (κ1) is 12.5. The van der Waals surface area contributed by atoms with E-state index in [1.54, 1.807) is 0 Å². The molecule has 96 valence electrons. The Kier molecular flexibility index (Phi) is 3.21. The zero-order chi connectivity index (χ0) is 13.4. The van der Waals surface area contributed by atoms with Crippen LogP contribution in [-0.4, -0.2) is 9.55 Å². The smallest absolute Gasteiger partial charge is 0.129 e. The van der Waals surface area contributed by atoms with Crippen molar-refractivity contribution >= 4 is 34.2 Å². The molecule has 0 aliphatic heterocycles. The van der Waals surface area contributed by atoms with Gasteiger partial charge in [0.25, 0.3) is 0 Å². The molecule has 0 atom stereocenters. The van der Waals surface area contributed by atoms with Crippen LogP contribution < -0.4 is 0 Å². The molecule has 1 aromatic heterocycles. The summed E-state index contributed by atoms with van der Waals surface area (Å²) in [5.74, 6) is 1.21. The Morgan fingerprint density at radius 2 is 1.84 bits per heavy atom. The normalized spacial score (nSPS) is 11.1. The van der Waals surface area contributed by atoms with Crippen LogP contribution >= 0.6 is 23.2 Å². The maximum absolute atomic E-state index is 6.03. The Balaban J connectivity index is 2.32. The molecule has 0 amide bonds. The van der Waals surface area contributed by atoms with Crippen LogP contribution in [0.15, 0.2) is 42.5 Å². The van der Waals surface area contributed by atoms with E-state index in [2.05, 4.69) is 28.6 Å². The summed E-state index contributed by atoms with van der Waals surface area (Å²) in [5.41, 5.74) is 4.23. The van der Waals surface area contributed by atoms with Crippen LogP contribution in [0.25, 0.3) is 16.7 Å². The highest BCUT2D eigenvalue weighted by atomic mass is 35.5. The third kappa shape index (κ3) is 2.11. The molecule has 0 bridgehead atoms. The van der Waals surface area contributed by atoms with Crippen molar-refractivity contribution in [2.45, 2.75) is 12.8 Å². The van der Waals surface area contributed by atoms with Gasteiger partial charge in [-0.1, -0.05) is 23.7 Å². The molecule has 1 heterocycles. The standard InChI is InChI=1S/C15H12Cl2N2/c1-10-3-2-4-13-15(10)18-14(9-16)19(13)12-7-5-11(17)6-8-12/h2-8H,9H2,1H3. The van der Waals surface area contributed by atoms with E-state index in [9.17, 15) is 0 Å². The van der Waals surface area contributed by atoms with Crippen LogP contribution in [-0.2, 0) is 5.88 Å². The number of alkyl halides is 1. The van der Waals surface area contributed by atoms with Crippen LogP contribution in [0.1, 0.15) is 11.4 Å². The van der Waals surface area contributed by atoms with Gasteiger partial charge in [-0.2, -0.15) is 0 Å². The molecule has 0 saturated heterocycles. The largest absolute Gasteiger partial charge is 0.295 e. The highest BCUT2D eigenvalue weighted by Crippen LogP contribution is 2.25. The lowest BCUT2D eigenvalue weighted by Crippen LogP contribution is -1.98. The first-order valence-electron chi connectivity index (χ1n) is 5.99. The van der Waals surface area contributed by atoms with Gasteiger partial charge in [0.1, 0.15) is 5.82 Å². The summed E-state index contributed by atoms with van der Waals surface area (Å²) < 4.78 is 2.08. The van der Waals surface area contributed by atoms with E-state index in [0.717, 1.165) is 33.1 Å². The number of para-hydroxylation sites is 1. The summed E-state index contributed by atoms with van der Waals surface area (Å²) in [5, 5.41) is 0.719. The maximum atomic E-state index is 6.03. The van der Waals surface area contributed by atoms with E-state index in [0.29, 0.717) is 5.88 Å². The van der Waals surface area contributed by atoms with Crippen molar-refractivity contribution in [3.8, 4) is 5.69 Å². The van der Waals surface area contributed by atoms with Crippen molar-refractivity contribution in [2.75, 3.05) is 0 Å². The highest BCUT2D eigenvalue weighted by molar-refractivity contribution is 6.30. The maximum Gasteiger partial charge on any atom is 0.129 e. The molecule has 3 rings (SSSR count). The highest BCUT2D eigenvalue weighted by Gasteiger charge is 2.12. The topological polar surface area (TPSA) is 17.8 Å². The van der Waals surface area contributed by atoms with Gasteiger partial charge in [0.15, 0.2) is 0 Å². The van der Waals surface area contributed by atoms with Crippen molar-refractivity contribution in [1.82, 2.24) is 9.55 Å². The molecular weight excluding hydrogens is 279 g/mol. The third-order valence-electron chi connectivity index (χ3n) is 3.16. The van der Waals surface area contributed by atoms with Crippen molar-refractivity contribution in [1.29, 1.82) is 0 Å². The molecule has 2 aromatic carbocycles. The summed E-state index contributed by atoms with van der Waals surface area (Å²) in [7, 11) is 0. The fourth-order valence-electron chi connectivity index (χ4n) is 2.26. The molecule has 0 spiro atoms. The number of halogens is 2. The SMILES string of the molecule is Cc1cccc2c1nc(CCl)n2-c1ccc(Cl)cc1. The summed E-state index contributed by atoms with van der Waals surface area (Å²) >= 11 is 12.0. The number of imidazole rings is 1. The van der Waals surface area contributed by atoms with Gasteiger partial charge < -0.3 is 0 Å². The van der Waals surface area contributed by atoms with Gasteiger partial charge in [-0.05, 0) is 42.8 Å². The molecule has 3 aromatic rings. The molecule has 4 heteroatoms. The second-order valence-corrected chi connectivity index (χ2v) is 5.12. The van der Waals surface area contributed by atoms with Crippen LogP contribution in [0.2, 0.25) is 5.02 Å². The van der Waals surface area contributed by atoms with Crippen LogP contribution in [0, 0.1) is 6.92 Å². The number of aryl methyl sites for hydroxylation is 1. The van der Waals surface area contributed by atoms with Crippen molar-refractivity contribution in [3.63, 3.8) is 0 Å². The van der Waals surface area contributed by atoms with Gasteiger partial charge in [-0.3, -0.25) is 4.57 Å². The lowest BCUT2D eigenvalue weighted by molar-refractivity contribution is 0.982. The lowest BCUT2D eigenvalue weighted by atomic mass is 10.2. The number of aromatic nitrogens is 2. The third-order valence-corrected chi connectivity index (χ3v) is 3.65. The van der Waals surface area contributed by atoms with E-state index in [1.165, 1.54) is 0 Å². The number of hydrogen-bond donors (Lipinski definition) is 0. The zero-order valence-corrected chi connectivity index (χ0v) is 11.9. The Morgan fingerprint density at radius 3 is 2.53 bits per heavy atom. The van der Waals surface area contributed by atoms with Crippen molar-refractivity contribution in [3.05, 3.63) is 58.9 Å². The van der Waals surface area contributed by atoms with Gasteiger partial charge in [0, 0.05) is 10.7 Å². The monoisotopic (exact) mass is 290 g/mol. The van der Waals surface area contributed by atoms with Crippen molar-refractivity contribution in [2.24, 2.45) is 0 Å². The van der Waals surface area contributed by atoms with Gasteiger partial charge in [0.2, 0.25) is 0 Å². The van der Waals surface area contributed by atoms with E-state index in [1.807, 2.05) is 30.3 Å². The molecule has 0 aliphatic carbocycles. The molecule has 0 unspecified atom stereocenters. The molecule has 0 aliphatic rings. The fourth-order valence-corrected chi connectivity index (χ4v) is 2.56. The number of hydrogen-bond acceptors (Lipinski definition) is 1. The number of rotatable bonds is 2. The minimum Gasteiger partial charge on any atom is -0.295 e. The van der Waals surface area contributed by atoms with Crippen LogP contribution in [0.5, 0.6) is 0 Å². The van der Waals surface area contributed by atoms with Gasteiger partial charge >= 0.3 is 0 Å². The predicted molar refractivity (Wildman–Crippen MR) is 80.4 cm³/mol. The van der Waals surface area contributed by atoms with E-state index >= 15 is 0 Å². The molecule has 19 heavy (non-hydrogen) atoms. The number of fused-ring (bicyclic) bond motifs is 1. The zero-order valence-electron chi connectivity index (χ0n) is 10.4. The Bertz CT molecular complexity index is 730. The molecular formula is C15H12Cl2N2. The Labute approximate surface area is 121 Å². The van der Waals surface area contributed by atoms with Gasteiger partial charge in [0.05, 0.1) is 16.9 Å². The lowest BCUT2D eigenvalue weighted by Gasteiger charge is -2.07. The van der Waals surface area contributed by atoms with Crippen molar-refractivity contribution < 1.29 is 0 Å². The molecule has 0 fully saturated rings. The summed E-state index contributed by atoms with van der Waals surface area (Å²) in [6, 6.07) is 13.8.